The normalized spacial score (nSPS) is 11.7. The molecule has 31 heavy (non-hydrogen) atoms. The van der Waals surface area contributed by atoms with Crippen LogP contribution in [-0.4, -0.2) is 53.1 Å². The van der Waals surface area contributed by atoms with Crippen LogP contribution in [0.1, 0.15) is 23.6 Å². The predicted octanol–water partition coefficient (Wildman–Crippen LogP) is 3.14. The Morgan fingerprint density at radius 1 is 1.06 bits per heavy atom. The van der Waals surface area contributed by atoms with Gasteiger partial charge in [-0.05, 0) is 37.1 Å². The van der Waals surface area contributed by atoms with Crippen LogP contribution in [0.5, 0.6) is 0 Å². The number of guanidine groups is 1. The summed E-state index contributed by atoms with van der Waals surface area (Å²) in [5.74, 6) is 0.802. The first-order valence-corrected chi connectivity index (χ1v) is 11.5. The van der Waals surface area contributed by atoms with Gasteiger partial charge in [-0.25, -0.2) is 18.1 Å². The summed E-state index contributed by atoms with van der Waals surface area (Å²) in [5.41, 5.74) is 3.38. The smallest absolute Gasteiger partial charge is 0.240 e. The van der Waals surface area contributed by atoms with Gasteiger partial charge in [0.1, 0.15) is 0 Å². The molecule has 0 saturated carbocycles. The second-order valence-corrected chi connectivity index (χ2v) is 8.81. The van der Waals surface area contributed by atoms with Gasteiger partial charge in [0.2, 0.25) is 10.0 Å². The number of aryl methyl sites for hydroxylation is 1. The van der Waals surface area contributed by atoms with Gasteiger partial charge < -0.3 is 15.0 Å². The van der Waals surface area contributed by atoms with Crippen molar-refractivity contribution >= 4 is 40.0 Å². The Kier molecular flexibility index (Phi) is 12.1. The van der Waals surface area contributed by atoms with E-state index in [9.17, 15) is 8.42 Å². The molecule has 0 aliphatic heterocycles. The molecule has 0 bridgehead atoms. The first-order chi connectivity index (χ1) is 14.4. The Bertz CT molecular complexity index is 917. The van der Waals surface area contributed by atoms with E-state index >= 15 is 0 Å². The number of halogens is 1. The lowest BCUT2D eigenvalue weighted by atomic mass is 10.1. The third kappa shape index (κ3) is 9.14. The first-order valence-electron chi connectivity index (χ1n) is 9.98. The predicted molar refractivity (Wildman–Crippen MR) is 136 cm³/mol. The van der Waals surface area contributed by atoms with E-state index in [1.165, 1.54) is 18.2 Å². The van der Waals surface area contributed by atoms with Crippen molar-refractivity contribution < 1.29 is 13.2 Å². The summed E-state index contributed by atoms with van der Waals surface area (Å²) in [7, 11) is 0.00721. The van der Waals surface area contributed by atoms with Crippen molar-refractivity contribution in [3.8, 4) is 0 Å². The molecular formula is C22H33IN4O3S. The fraction of sp³-hybridized carbons (Fsp3) is 0.409. The van der Waals surface area contributed by atoms with Gasteiger partial charge in [0, 0.05) is 33.8 Å². The standard InChI is InChI=1S/C22H32N4O3S.HI/c1-5-23-22(26(3)17-20-8-6-18(2)7-9-20)24-16-19-10-12-21(13-11-19)30(27,28)25-14-15-29-4;/h6-13,25H,5,14-17H2,1-4H3,(H,23,24);1H. The highest BCUT2D eigenvalue weighted by atomic mass is 127. The lowest BCUT2D eigenvalue weighted by molar-refractivity contribution is 0.204. The van der Waals surface area contributed by atoms with Crippen molar-refractivity contribution in [2.45, 2.75) is 31.8 Å². The molecular weight excluding hydrogens is 527 g/mol. The second-order valence-electron chi connectivity index (χ2n) is 7.05. The summed E-state index contributed by atoms with van der Waals surface area (Å²) in [5, 5.41) is 3.31. The van der Waals surface area contributed by atoms with Crippen molar-refractivity contribution in [1.29, 1.82) is 0 Å². The number of hydrogen-bond acceptors (Lipinski definition) is 4. The SMILES string of the molecule is CCNC(=NCc1ccc(S(=O)(=O)NCCOC)cc1)N(C)Cc1ccc(C)cc1.I. The molecule has 0 aliphatic rings. The molecule has 9 heteroatoms. The Morgan fingerprint density at radius 3 is 2.26 bits per heavy atom. The highest BCUT2D eigenvalue weighted by Crippen LogP contribution is 2.12. The van der Waals surface area contributed by atoms with Crippen LogP contribution in [0.15, 0.2) is 58.4 Å². The zero-order valence-electron chi connectivity index (χ0n) is 18.6. The third-order valence-corrected chi connectivity index (χ3v) is 5.96. The maximum atomic E-state index is 12.2. The van der Waals surface area contributed by atoms with Gasteiger partial charge in [0.25, 0.3) is 0 Å². The van der Waals surface area contributed by atoms with Crippen LogP contribution in [-0.2, 0) is 27.8 Å². The average molecular weight is 561 g/mol. The summed E-state index contributed by atoms with van der Waals surface area (Å²) in [4.78, 5) is 7.01. The summed E-state index contributed by atoms with van der Waals surface area (Å²) in [6.45, 7) is 6.64. The summed E-state index contributed by atoms with van der Waals surface area (Å²) in [6.07, 6.45) is 0. The molecule has 0 aromatic heterocycles. The lowest BCUT2D eigenvalue weighted by Gasteiger charge is -2.22. The van der Waals surface area contributed by atoms with Gasteiger partial charge in [-0.15, -0.1) is 24.0 Å². The number of hydrogen-bond donors (Lipinski definition) is 2. The van der Waals surface area contributed by atoms with Crippen LogP contribution in [0.25, 0.3) is 0 Å². The number of aliphatic imine (C=N–C) groups is 1. The summed E-state index contributed by atoms with van der Waals surface area (Å²) >= 11 is 0. The molecule has 0 spiro atoms. The molecule has 0 amide bonds. The maximum absolute atomic E-state index is 12.2. The van der Waals surface area contributed by atoms with Gasteiger partial charge in [-0.2, -0.15) is 0 Å². The number of ether oxygens (including phenoxy) is 1. The van der Waals surface area contributed by atoms with Crippen LogP contribution in [0, 0.1) is 6.92 Å². The van der Waals surface area contributed by atoms with Gasteiger partial charge in [0.15, 0.2) is 5.96 Å². The molecule has 2 rings (SSSR count). The van der Waals surface area contributed by atoms with E-state index in [2.05, 4.69) is 46.1 Å². The highest BCUT2D eigenvalue weighted by molar-refractivity contribution is 14.0. The minimum atomic E-state index is -3.53. The summed E-state index contributed by atoms with van der Waals surface area (Å²) < 4.78 is 31.9. The minimum absolute atomic E-state index is 0. The van der Waals surface area contributed by atoms with E-state index in [1.807, 2.05) is 14.0 Å². The molecule has 0 saturated heterocycles. The Balaban J connectivity index is 0.00000480. The molecule has 0 unspecified atom stereocenters. The van der Waals surface area contributed by atoms with Crippen LogP contribution in [0.4, 0.5) is 0 Å². The molecule has 172 valence electrons. The zero-order chi connectivity index (χ0) is 22.0. The lowest BCUT2D eigenvalue weighted by Crippen LogP contribution is -2.38. The molecule has 2 N–H and O–H groups in total. The molecule has 2 aromatic carbocycles. The van der Waals surface area contributed by atoms with Crippen molar-refractivity contribution in [1.82, 2.24) is 14.9 Å². The van der Waals surface area contributed by atoms with E-state index in [-0.39, 0.29) is 35.4 Å². The largest absolute Gasteiger partial charge is 0.383 e. The van der Waals surface area contributed by atoms with Crippen molar-refractivity contribution in [3.05, 3.63) is 65.2 Å². The topological polar surface area (TPSA) is 83.0 Å². The first kappa shape index (κ1) is 27.3. The molecule has 0 heterocycles. The fourth-order valence-electron chi connectivity index (χ4n) is 2.81. The number of nitrogens with zero attached hydrogens (tertiary/aromatic N) is 2. The van der Waals surface area contributed by atoms with Gasteiger partial charge in [-0.1, -0.05) is 42.0 Å². The van der Waals surface area contributed by atoms with Crippen molar-refractivity contribution in [3.63, 3.8) is 0 Å². The third-order valence-electron chi connectivity index (χ3n) is 4.48. The number of sulfonamides is 1. The molecule has 7 nitrogen and oxygen atoms in total. The van der Waals surface area contributed by atoms with Crippen LogP contribution in [0.3, 0.4) is 0 Å². The number of nitrogens with one attached hydrogen (secondary N) is 2. The number of methoxy groups -OCH3 is 1. The van der Waals surface area contributed by atoms with E-state index < -0.39 is 10.0 Å². The molecule has 0 atom stereocenters. The van der Waals surface area contributed by atoms with E-state index in [1.54, 1.807) is 24.3 Å². The average Bonchev–Trinajstić information content (AvgIpc) is 2.73. The molecule has 0 radical (unpaired) electrons. The van der Waals surface area contributed by atoms with Crippen LogP contribution >= 0.6 is 24.0 Å². The molecule has 2 aromatic rings. The minimum Gasteiger partial charge on any atom is -0.383 e. The second kappa shape index (κ2) is 13.7. The van der Waals surface area contributed by atoms with Crippen LogP contribution in [0.2, 0.25) is 0 Å². The highest BCUT2D eigenvalue weighted by Gasteiger charge is 2.13. The Morgan fingerprint density at radius 2 is 1.68 bits per heavy atom. The Labute approximate surface area is 203 Å². The summed E-state index contributed by atoms with van der Waals surface area (Å²) in [6, 6.07) is 15.2. The quantitative estimate of drug-likeness (QED) is 0.202. The zero-order valence-corrected chi connectivity index (χ0v) is 21.7. The fourth-order valence-corrected chi connectivity index (χ4v) is 3.83. The van der Waals surface area contributed by atoms with Crippen molar-refractivity contribution in [2.24, 2.45) is 4.99 Å². The molecule has 0 fully saturated rings. The van der Waals surface area contributed by atoms with Crippen LogP contribution < -0.4 is 10.0 Å². The molecule has 0 aliphatic carbocycles. The van der Waals surface area contributed by atoms with Gasteiger partial charge in [0.05, 0.1) is 18.0 Å². The van der Waals surface area contributed by atoms with Gasteiger partial charge >= 0.3 is 0 Å². The van der Waals surface area contributed by atoms with Crippen molar-refractivity contribution in [2.75, 3.05) is 33.9 Å². The van der Waals surface area contributed by atoms with Gasteiger partial charge in [-0.3, -0.25) is 0 Å². The maximum Gasteiger partial charge on any atom is 0.240 e. The van der Waals surface area contributed by atoms with E-state index in [0.29, 0.717) is 13.2 Å². The van der Waals surface area contributed by atoms with E-state index in [4.69, 9.17) is 9.73 Å². The Hall–Kier alpha value is -1.69. The number of rotatable bonds is 10. The van der Waals surface area contributed by atoms with E-state index in [0.717, 1.165) is 24.6 Å². The number of benzene rings is 2. The monoisotopic (exact) mass is 560 g/mol.